The summed E-state index contributed by atoms with van der Waals surface area (Å²) in [5.41, 5.74) is 2.36. The van der Waals surface area contributed by atoms with Gasteiger partial charge in [0.15, 0.2) is 0 Å². The molecule has 0 spiro atoms. The van der Waals surface area contributed by atoms with Gasteiger partial charge in [-0.3, -0.25) is 0 Å². The number of aliphatic hydroxyl groups is 1. The van der Waals surface area contributed by atoms with Crippen LogP contribution in [0.3, 0.4) is 0 Å². The number of phenolic OH excluding ortho intramolecular Hbond substituents is 2. The molecule has 0 fully saturated rings. The molecule has 0 heterocycles. The Bertz CT molecular complexity index is 746. The predicted molar refractivity (Wildman–Crippen MR) is 90.5 cm³/mol. The largest absolute Gasteiger partial charge is 0.508 e. The molecule has 2 aromatic carbocycles. The van der Waals surface area contributed by atoms with Crippen molar-refractivity contribution in [2.24, 2.45) is 5.92 Å². The summed E-state index contributed by atoms with van der Waals surface area (Å²) in [5.74, 6) is 0.435. The van der Waals surface area contributed by atoms with E-state index in [1.54, 1.807) is 18.2 Å². The highest BCUT2D eigenvalue weighted by Gasteiger charge is 2.19. The van der Waals surface area contributed by atoms with Crippen LogP contribution in [0.2, 0.25) is 0 Å². The van der Waals surface area contributed by atoms with Gasteiger partial charge in [-0.2, -0.15) is 0 Å². The molecule has 23 heavy (non-hydrogen) atoms. The molecule has 3 nitrogen and oxygen atoms in total. The van der Waals surface area contributed by atoms with Gasteiger partial charge in [-0.25, -0.2) is 0 Å². The van der Waals surface area contributed by atoms with Crippen LogP contribution < -0.4 is 0 Å². The third-order valence-electron chi connectivity index (χ3n) is 4.25. The Balaban J connectivity index is 1.83. The SMILES string of the molecule is Oc1ccccc1Cc1cccc(CC2C=CC=CC2O)c1O. The Labute approximate surface area is 135 Å². The molecule has 2 atom stereocenters. The molecular formula is C20H20O3. The first kappa shape index (κ1) is 15.4. The van der Waals surface area contributed by atoms with Gasteiger partial charge in [-0.1, -0.05) is 60.7 Å². The second-order valence-corrected chi connectivity index (χ2v) is 5.86. The van der Waals surface area contributed by atoms with Crippen LogP contribution in [0, 0.1) is 5.92 Å². The van der Waals surface area contributed by atoms with E-state index in [0.717, 1.165) is 16.7 Å². The number of rotatable bonds is 4. The molecule has 2 aromatic rings. The number of benzene rings is 2. The molecule has 0 radical (unpaired) electrons. The van der Waals surface area contributed by atoms with Gasteiger partial charge in [0.1, 0.15) is 11.5 Å². The van der Waals surface area contributed by atoms with Crippen molar-refractivity contribution in [3.8, 4) is 11.5 Å². The van der Waals surface area contributed by atoms with Crippen LogP contribution in [0.4, 0.5) is 0 Å². The van der Waals surface area contributed by atoms with Crippen molar-refractivity contribution in [2.45, 2.75) is 18.9 Å². The summed E-state index contributed by atoms with van der Waals surface area (Å²) in [5, 5.41) is 30.5. The van der Waals surface area contributed by atoms with Gasteiger partial charge < -0.3 is 15.3 Å². The van der Waals surface area contributed by atoms with E-state index in [2.05, 4.69) is 0 Å². The van der Waals surface area contributed by atoms with Gasteiger partial charge in [0.05, 0.1) is 6.10 Å². The van der Waals surface area contributed by atoms with Crippen LogP contribution in [0.5, 0.6) is 11.5 Å². The summed E-state index contributed by atoms with van der Waals surface area (Å²) in [6, 6.07) is 12.8. The molecule has 118 valence electrons. The lowest BCUT2D eigenvalue weighted by atomic mass is 9.89. The van der Waals surface area contributed by atoms with Gasteiger partial charge in [0, 0.05) is 12.3 Å². The summed E-state index contributed by atoms with van der Waals surface area (Å²) in [4.78, 5) is 0. The van der Waals surface area contributed by atoms with Gasteiger partial charge in [0.2, 0.25) is 0 Å². The molecule has 3 heteroatoms. The lowest BCUT2D eigenvalue weighted by molar-refractivity contribution is 0.174. The minimum Gasteiger partial charge on any atom is -0.508 e. The van der Waals surface area contributed by atoms with E-state index in [0.29, 0.717) is 12.8 Å². The van der Waals surface area contributed by atoms with E-state index in [1.807, 2.05) is 48.6 Å². The zero-order chi connectivity index (χ0) is 16.2. The highest BCUT2D eigenvalue weighted by molar-refractivity contribution is 5.45. The molecule has 1 aliphatic carbocycles. The number of aromatic hydroxyl groups is 2. The van der Waals surface area contributed by atoms with Crippen LogP contribution in [0.1, 0.15) is 16.7 Å². The van der Waals surface area contributed by atoms with Crippen molar-refractivity contribution in [2.75, 3.05) is 0 Å². The number of aliphatic hydroxyl groups excluding tert-OH is 1. The number of hydrogen-bond donors (Lipinski definition) is 3. The molecule has 0 saturated carbocycles. The van der Waals surface area contributed by atoms with Crippen molar-refractivity contribution >= 4 is 0 Å². The van der Waals surface area contributed by atoms with Crippen LogP contribution in [0.15, 0.2) is 66.8 Å². The van der Waals surface area contributed by atoms with E-state index < -0.39 is 6.10 Å². The van der Waals surface area contributed by atoms with Gasteiger partial charge in [0.25, 0.3) is 0 Å². The molecule has 0 bridgehead atoms. The van der Waals surface area contributed by atoms with Crippen molar-refractivity contribution in [3.05, 3.63) is 83.5 Å². The van der Waals surface area contributed by atoms with E-state index in [-0.39, 0.29) is 17.4 Å². The molecule has 0 aromatic heterocycles. The maximum absolute atomic E-state index is 10.6. The first-order valence-corrected chi connectivity index (χ1v) is 7.75. The van der Waals surface area contributed by atoms with E-state index in [9.17, 15) is 15.3 Å². The first-order chi connectivity index (χ1) is 11.1. The second kappa shape index (κ2) is 6.71. The second-order valence-electron chi connectivity index (χ2n) is 5.86. The molecule has 0 aliphatic heterocycles. The molecular weight excluding hydrogens is 288 g/mol. The number of phenols is 2. The van der Waals surface area contributed by atoms with Crippen molar-refractivity contribution < 1.29 is 15.3 Å². The number of para-hydroxylation sites is 2. The Morgan fingerprint density at radius 2 is 1.48 bits per heavy atom. The zero-order valence-corrected chi connectivity index (χ0v) is 12.8. The van der Waals surface area contributed by atoms with Crippen LogP contribution in [0.25, 0.3) is 0 Å². The van der Waals surface area contributed by atoms with Gasteiger partial charge >= 0.3 is 0 Å². The van der Waals surface area contributed by atoms with E-state index >= 15 is 0 Å². The lowest BCUT2D eigenvalue weighted by Crippen LogP contribution is -2.20. The predicted octanol–water partition coefficient (Wildman–Crippen LogP) is 3.33. The molecule has 0 saturated heterocycles. The minimum atomic E-state index is -0.527. The molecule has 0 amide bonds. The monoisotopic (exact) mass is 308 g/mol. The van der Waals surface area contributed by atoms with Gasteiger partial charge in [-0.15, -0.1) is 0 Å². The summed E-state index contributed by atoms with van der Waals surface area (Å²) in [6.45, 7) is 0. The Kier molecular flexibility index (Phi) is 4.49. The zero-order valence-electron chi connectivity index (χ0n) is 12.8. The van der Waals surface area contributed by atoms with Crippen molar-refractivity contribution in [3.63, 3.8) is 0 Å². The minimum absolute atomic E-state index is 0.0359. The normalized spacial score (nSPS) is 19.9. The topological polar surface area (TPSA) is 60.7 Å². The standard InChI is InChI=1S/C20H20O3/c21-18-10-3-1-6-14(18)12-16-8-5-9-17(20(16)23)13-15-7-2-4-11-19(15)22/h1-11,14,18,21-23H,12-13H2. The third kappa shape index (κ3) is 3.46. The summed E-state index contributed by atoms with van der Waals surface area (Å²) in [6.07, 6.45) is 7.97. The van der Waals surface area contributed by atoms with E-state index in [1.165, 1.54) is 0 Å². The average molecular weight is 308 g/mol. The smallest absolute Gasteiger partial charge is 0.122 e. The van der Waals surface area contributed by atoms with Crippen LogP contribution in [-0.4, -0.2) is 21.4 Å². The quantitative estimate of drug-likeness (QED) is 0.812. The number of hydrogen-bond acceptors (Lipinski definition) is 3. The first-order valence-electron chi connectivity index (χ1n) is 7.75. The highest BCUT2D eigenvalue weighted by atomic mass is 16.3. The molecule has 3 rings (SSSR count). The fourth-order valence-corrected chi connectivity index (χ4v) is 2.90. The molecule has 1 aliphatic rings. The maximum Gasteiger partial charge on any atom is 0.122 e. The molecule has 2 unspecified atom stereocenters. The lowest BCUT2D eigenvalue weighted by Gasteiger charge is -2.20. The highest BCUT2D eigenvalue weighted by Crippen LogP contribution is 2.30. The van der Waals surface area contributed by atoms with E-state index in [4.69, 9.17) is 0 Å². The fraction of sp³-hybridized carbons (Fsp3) is 0.200. The van der Waals surface area contributed by atoms with Crippen LogP contribution >= 0.6 is 0 Å². The Hall–Kier alpha value is -2.52. The summed E-state index contributed by atoms with van der Waals surface area (Å²) < 4.78 is 0. The fourth-order valence-electron chi connectivity index (χ4n) is 2.90. The van der Waals surface area contributed by atoms with Crippen LogP contribution in [-0.2, 0) is 12.8 Å². The molecule has 3 N–H and O–H groups in total. The maximum atomic E-state index is 10.6. The van der Waals surface area contributed by atoms with Gasteiger partial charge in [-0.05, 0) is 29.2 Å². The van der Waals surface area contributed by atoms with Crippen molar-refractivity contribution in [1.29, 1.82) is 0 Å². The Morgan fingerprint density at radius 1 is 0.783 bits per heavy atom. The third-order valence-corrected chi connectivity index (χ3v) is 4.25. The summed E-state index contributed by atoms with van der Waals surface area (Å²) in [7, 11) is 0. The average Bonchev–Trinajstić information content (AvgIpc) is 2.55. The Morgan fingerprint density at radius 3 is 2.26 bits per heavy atom. The van der Waals surface area contributed by atoms with Crippen molar-refractivity contribution in [1.82, 2.24) is 0 Å². The number of allylic oxidation sites excluding steroid dienone is 2. The summed E-state index contributed by atoms with van der Waals surface area (Å²) >= 11 is 0.